The lowest BCUT2D eigenvalue weighted by atomic mass is 9.73. The molecule has 3 rings (SSSR count). The molecule has 2 aliphatic rings. The quantitative estimate of drug-likeness (QED) is 0.494. The minimum Gasteiger partial charge on any atom is -0.493 e. The summed E-state index contributed by atoms with van der Waals surface area (Å²) >= 11 is 0. The number of methoxy groups -OCH3 is 1. The van der Waals surface area contributed by atoms with Crippen molar-refractivity contribution < 1.29 is 28.6 Å². The van der Waals surface area contributed by atoms with Gasteiger partial charge in [0.05, 0.1) is 7.11 Å². The molecule has 0 bridgehead atoms. The normalized spacial score (nSPS) is 25.4. The van der Waals surface area contributed by atoms with Crippen molar-refractivity contribution in [3.05, 3.63) is 18.0 Å². The minimum atomic E-state index is -0.800. The number of rotatable bonds is 8. The molecule has 2 fully saturated rings. The van der Waals surface area contributed by atoms with Gasteiger partial charge in [-0.3, -0.25) is 9.59 Å². The molecule has 1 saturated heterocycles. The maximum Gasteiger partial charge on any atom is 0.328 e. The van der Waals surface area contributed by atoms with Crippen LogP contribution in [0.25, 0.3) is 0 Å². The maximum atomic E-state index is 13.2. The number of carbonyl (C=O) groups excluding carboxylic acids is 3. The number of aromatic nitrogens is 1. The van der Waals surface area contributed by atoms with Gasteiger partial charge in [0, 0.05) is 25.1 Å². The summed E-state index contributed by atoms with van der Waals surface area (Å²) < 4.78 is 16.5. The van der Waals surface area contributed by atoms with Crippen molar-refractivity contribution in [1.82, 2.24) is 10.3 Å². The van der Waals surface area contributed by atoms with E-state index in [1.54, 1.807) is 0 Å². The average molecular weight is 503 g/mol. The Hall–Kier alpha value is -2.64. The van der Waals surface area contributed by atoms with Gasteiger partial charge in [-0.25, -0.2) is 9.78 Å². The summed E-state index contributed by atoms with van der Waals surface area (Å²) in [7, 11) is 1.41. The number of nitrogens with one attached hydrogen (secondary N) is 1. The molecule has 1 saturated carbocycles. The van der Waals surface area contributed by atoms with E-state index in [1.807, 2.05) is 6.92 Å². The van der Waals surface area contributed by atoms with Gasteiger partial charge in [-0.2, -0.15) is 0 Å². The fraction of sp³-hybridized carbons (Fsp3) is 0.714. The highest BCUT2D eigenvalue weighted by atomic mass is 16.6. The summed E-state index contributed by atoms with van der Waals surface area (Å²) in [6.07, 6.45) is 10.7. The SMILES string of the molecule is COc1ccnc(C(=O)NC2CCCC(CCC(C)C)C(C3CCCC3)C(C)OC2=O)c1OC(C)=O. The van der Waals surface area contributed by atoms with Gasteiger partial charge in [0.2, 0.25) is 5.75 Å². The van der Waals surface area contributed by atoms with E-state index < -0.39 is 23.9 Å². The van der Waals surface area contributed by atoms with Crippen LogP contribution in [0, 0.1) is 23.7 Å². The monoisotopic (exact) mass is 502 g/mol. The van der Waals surface area contributed by atoms with Crippen molar-refractivity contribution in [2.24, 2.45) is 23.7 Å². The first-order valence-electron chi connectivity index (χ1n) is 13.4. The van der Waals surface area contributed by atoms with Gasteiger partial charge in [-0.1, -0.05) is 52.4 Å². The molecule has 0 radical (unpaired) electrons. The molecule has 0 spiro atoms. The zero-order valence-corrected chi connectivity index (χ0v) is 22.4. The van der Waals surface area contributed by atoms with Crippen LogP contribution in [-0.4, -0.2) is 42.1 Å². The number of cyclic esters (lactones) is 1. The molecule has 36 heavy (non-hydrogen) atoms. The average Bonchev–Trinajstić information content (AvgIpc) is 3.35. The molecule has 1 N–H and O–H groups in total. The molecule has 1 aliphatic carbocycles. The van der Waals surface area contributed by atoms with Gasteiger partial charge in [0.15, 0.2) is 11.4 Å². The van der Waals surface area contributed by atoms with E-state index in [0.717, 1.165) is 25.7 Å². The summed E-state index contributed by atoms with van der Waals surface area (Å²) in [5.41, 5.74) is -0.107. The van der Waals surface area contributed by atoms with E-state index >= 15 is 0 Å². The first-order chi connectivity index (χ1) is 17.2. The van der Waals surface area contributed by atoms with Gasteiger partial charge >= 0.3 is 11.9 Å². The third-order valence-electron chi connectivity index (χ3n) is 7.65. The second-order valence-electron chi connectivity index (χ2n) is 10.7. The third kappa shape index (κ3) is 7.20. The smallest absolute Gasteiger partial charge is 0.328 e. The fourth-order valence-corrected chi connectivity index (χ4v) is 5.97. The van der Waals surface area contributed by atoms with Gasteiger partial charge < -0.3 is 19.5 Å². The Morgan fingerprint density at radius 3 is 2.53 bits per heavy atom. The highest BCUT2D eigenvalue weighted by Gasteiger charge is 2.39. The summed E-state index contributed by atoms with van der Waals surface area (Å²) in [6, 6.07) is 0.706. The molecule has 200 valence electrons. The Morgan fingerprint density at radius 1 is 1.17 bits per heavy atom. The maximum absolute atomic E-state index is 13.2. The number of hydrogen-bond acceptors (Lipinski definition) is 7. The summed E-state index contributed by atoms with van der Waals surface area (Å²) in [4.78, 5) is 42.1. The molecule has 4 unspecified atom stereocenters. The van der Waals surface area contributed by atoms with Gasteiger partial charge in [0.1, 0.15) is 12.1 Å². The first kappa shape index (κ1) is 27.9. The van der Waals surface area contributed by atoms with Crippen LogP contribution in [-0.2, 0) is 14.3 Å². The fourth-order valence-electron chi connectivity index (χ4n) is 5.97. The zero-order valence-electron chi connectivity index (χ0n) is 22.4. The highest BCUT2D eigenvalue weighted by Crippen LogP contribution is 2.42. The van der Waals surface area contributed by atoms with Gasteiger partial charge in [-0.05, 0) is 43.9 Å². The predicted octanol–water partition coefficient (Wildman–Crippen LogP) is 5.09. The Bertz CT molecular complexity index is 911. The van der Waals surface area contributed by atoms with Crippen LogP contribution in [0.5, 0.6) is 11.5 Å². The molecular formula is C28H42N2O6. The van der Waals surface area contributed by atoms with E-state index in [4.69, 9.17) is 14.2 Å². The molecule has 4 atom stereocenters. The van der Waals surface area contributed by atoms with Crippen LogP contribution in [0.1, 0.15) is 96.0 Å². The van der Waals surface area contributed by atoms with E-state index in [9.17, 15) is 14.4 Å². The van der Waals surface area contributed by atoms with Crippen molar-refractivity contribution >= 4 is 17.8 Å². The molecule has 1 aromatic rings. The van der Waals surface area contributed by atoms with E-state index in [2.05, 4.69) is 24.1 Å². The van der Waals surface area contributed by atoms with Crippen molar-refractivity contribution in [2.45, 2.75) is 97.6 Å². The van der Waals surface area contributed by atoms with Crippen LogP contribution in [0.15, 0.2) is 12.3 Å². The van der Waals surface area contributed by atoms with Crippen molar-refractivity contribution in [2.75, 3.05) is 7.11 Å². The molecule has 0 aromatic carbocycles. The van der Waals surface area contributed by atoms with Crippen molar-refractivity contribution in [3.63, 3.8) is 0 Å². The lowest BCUT2D eigenvalue weighted by molar-refractivity contribution is -0.155. The van der Waals surface area contributed by atoms with Crippen molar-refractivity contribution in [1.29, 1.82) is 0 Å². The number of pyridine rings is 1. The largest absolute Gasteiger partial charge is 0.493 e. The van der Waals surface area contributed by atoms with E-state index in [1.165, 1.54) is 52.0 Å². The lowest BCUT2D eigenvalue weighted by Gasteiger charge is -2.36. The summed E-state index contributed by atoms with van der Waals surface area (Å²) in [5, 5.41) is 2.79. The number of hydrogen-bond donors (Lipinski definition) is 1. The number of amides is 1. The summed E-state index contributed by atoms with van der Waals surface area (Å²) in [6.45, 7) is 7.77. The number of esters is 2. The topological polar surface area (TPSA) is 104 Å². The molecule has 8 nitrogen and oxygen atoms in total. The van der Waals surface area contributed by atoms with Crippen LogP contribution in [0.2, 0.25) is 0 Å². The summed E-state index contributed by atoms with van der Waals surface area (Å²) in [5.74, 6) is 0.591. The van der Waals surface area contributed by atoms with Gasteiger partial charge in [-0.15, -0.1) is 0 Å². The highest BCUT2D eigenvalue weighted by molar-refractivity contribution is 5.98. The Morgan fingerprint density at radius 2 is 1.89 bits per heavy atom. The molecule has 1 amide bonds. The molecule has 8 heteroatoms. The zero-order chi connectivity index (χ0) is 26.2. The third-order valence-corrected chi connectivity index (χ3v) is 7.65. The van der Waals surface area contributed by atoms with Crippen LogP contribution < -0.4 is 14.8 Å². The van der Waals surface area contributed by atoms with Crippen LogP contribution in [0.4, 0.5) is 0 Å². The second-order valence-corrected chi connectivity index (χ2v) is 10.7. The number of ether oxygens (including phenoxy) is 3. The molecule has 1 aromatic heterocycles. The first-order valence-corrected chi connectivity index (χ1v) is 13.4. The predicted molar refractivity (Wildman–Crippen MR) is 136 cm³/mol. The number of carbonyl (C=O) groups is 3. The Labute approximate surface area is 214 Å². The molecular weight excluding hydrogens is 460 g/mol. The number of nitrogens with zero attached hydrogens (tertiary/aromatic N) is 1. The minimum absolute atomic E-state index is 0.0650. The Kier molecular flexibility index (Phi) is 10.1. The molecule has 1 aliphatic heterocycles. The van der Waals surface area contributed by atoms with Crippen molar-refractivity contribution in [3.8, 4) is 11.5 Å². The lowest BCUT2D eigenvalue weighted by Crippen LogP contribution is -2.44. The second kappa shape index (κ2) is 13.1. The van der Waals surface area contributed by atoms with E-state index in [0.29, 0.717) is 30.1 Å². The van der Waals surface area contributed by atoms with Crippen LogP contribution in [0.3, 0.4) is 0 Å². The standard InChI is InChI=1S/C28H42N2O6/c1-17(2)13-14-21-11-8-12-22(28(33)35-18(3)24(21)20-9-6-7-10-20)30-27(32)25-26(36-19(4)31)23(34-5)15-16-29-25/h15-18,20-22,24H,6-14H2,1-5H3,(H,30,32). The van der Waals surface area contributed by atoms with Gasteiger partial charge in [0.25, 0.3) is 5.91 Å². The molecule has 2 heterocycles. The van der Waals surface area contributed by atoms with E-state index in [-0.39, 0.29) is 23.3 Å². The van der Waals surface area contributed by atoms with Crippen LogP contribution >= 0.6 is 0 Å². The Balaban J connectivity index is 1.79.